The number of amides is 3. The van der Waals surface area contributed by atoms with Crippen LogP contribution in [0.25, 0.3) is 0 Å². The average Bonchev–Trinajstić information content (AvgIpc) is 2.98. The van der Waals surface area contributed by atoms with Gasteiger partial charge in [-0.05, 0) is 74.1 Å². The van der Waals surface area contributed by atoms with E-state index in [1.807, 2.05) is 25.7 Å². The van der Waals surface area contributed by atoms with Gasteiger partial charge in [0, 0.05) is 47.9 Å². The highest BCUT2D eigenvalue weighted by Crippen LogP contribution is 2.29. The van der Waals surface area contributed by atoms with E-state index in [0.29, 0.717) is 42.2 Å². The molecule has 1 fully saturated rings. The summed E-state index contributed by atoms with van der Waals surface area (Å²) in [7, 11) is 0. The lowest BCUT2D eigenvalue weighted by Crippen LogP contribution is -2.50. The van der Waals surface area contributed by atoms with Crippen molar-refractivity contribution in [2.75, 3.05) is 18.4 Å². The van der Waals surface area contributed by atoms with E-state index in [2.05, 4.69) is 10.6 Å². The van der Waals surface area contributed by atoms with Gasteiger partial charge in [-0.1, -0.05) is 58.9 Å². The molecule has 0 heterocycles. The van der Waals surface area contributed by atoms with Crippen molar-refractivity contribution in [1.82, 2.24) is 10.2 Å². The molecule has 0 bridgehead atoms. The summed E-state index contributed by atoms with van der Waals surface area (Å²) in [6.45, 7) is 7.25. The maximum Gasteiger partial charge on any atom is 0.253 e. The second kappa shape index (κ2) is 16.2. The van der Waals surface area contributed by atoms with Gasteiger partial charge in [-0.25, -0.2) is 4.39 Å². The van der Waals surface area contributed by atoms with Gasteiger partial charge >= 0.3 is 0 Å². The minimum atomic E-state index is -0.441. The number of nitrogens with one attached hydrogen (secondary N) is 2. The van der Waals surface area contributed by atoms with Crippen molar-refractivity contribution < 1.29 is 18.8 Å². The van der Waals surface area contributed by atoms with Gasteiger partial charge in [0.1, 0.15) is 5.82 Å². The summed E-state index contributed by atoms with van der Waals surface area (Å²) in [6.07, 6.45) is 8.65. The van der Waals surface area contributed by atoms with Gasteiger partial charge in [-0.2, -0.15) is 0 Å². The van der Waals surface area contributed by atoms with E-state index in [0.717, 1.165) is 32.1 Å². The summed E-state index contributed by atoms with van der Waals surface area (Å²) in [5.74, 6) is -0.854. The van der Waals surface area contributed by atoms with Crippen molar-refractivity contribution in [1.29, 1.82) is 0 Å². The van der Waals surface area contributed by atoms with E-state index in [1.165, 1.54) is 43.5 Å². The van der Waals surface area contributed by atoms with Crippen molar-refractivity contribution in [2.45, 2.75) is 90.6 Å². The SMILES string of the molecule is CCCN(CCC)C(=O)c1cccc(C(=O)N[C@@H](CC2CCCCC2)[C@@H](N)C[C@@H](C)C(=O)Nc2ccc(F)cc2)c1. The smallest absolute Gasteiger partial charge is 0.253 e. The molecule has 0 aromatic heterocycles. The molecule has 7 nitrogen and oxygen atoms in total. The molecule has 8 heteroatoms. The standard InChI is InChI=1S/C33H47FN4O3/c1-4-18-38(19-5-2)33(41)26-13-9-12-25(22-26)32(40)37-30(21-24-10-7-6-8-11-24)29(35)20-23(3)31(39)36-28-16-14-27(34)15-17-28/h9,12-17,22-24,29-30H,4-8,10-11,18-21,35H2,1-3H3,(H,36,39)(H,37,40)/t23-,29+,30+/m1/s1. The van der Waals surface area contributed by atoms with Gasteiger partial charge in [0.2, 0.25) is 5.91 Å². The first kappa shape index (κ1) is 32.3. The summed E-state index contributed by atoms with van der Waals surface area (Å²) in [5, 5.41) is 5.98. The molecule has 3 rings (SSSR count). The maximum absolute atomic E-state index is 13.5. The predicted octanol–water partition coefficient (Wildman–Crippen LogP) is 6.15. The Hall–Kier alpha value is -3.26. The molecule has 0 spiro atoms. The molecule has 4 N–H and O–H groups in total. The molecule has 224 valence electrons. The fourth-order valence-corrected chi connectivity index (χ4v) is 5.68. The predicted molar refractivity (Wildman–Crippen MR) is 162 cm³/mol. The molecule has 3 amide bonds. The molecular formula is C33H47FN4O3. The Kier molecular flexibility index (Phi) is 12.8. The largest absolute Gasteiger partial charge is 0.348 e. The number of carbonyl (C=O) groups is 3. The third kappa shape index (κ3) is 9.95. The van der Waals surface area contributed by atoms with Crippen LogP contribution >= 0.6 is 0 Å². The molecule has 1 saturated carbocycles. The molecule has 2 aromatic carbocycles. The quantitative estimate of drug-likeness (QED) is 0.255. The number of hydrogen-bond donors (Lipinski definition) is 3. The molecule has 3 atom stereocenters. The fourth-order valence-electron chi connectivity index (χ4n) is 5.68. The molecule has 1 aliphatic rings. The van der Waals surface area contributed by atoms with Crippen LogP contribution in [0.2, 0.25) is 0 Å². The van der Waals surface area contributed by atoms with Gasteiger partial charge in [-0.15, -0.1) is 0 Å². The lowest BCUT2D eigenvalue weighted by molar-refractivity contribution is -0.119. The highest BCUT2D eigenvalue weighted by atomic mass is 19.1. The molecule has 2 aromatic rings. The highest BCUT2D eigenvalue weighted by molar-refractivity contribution is 5.99. The zero-order valence-corrected chi connectivity index (χ0v) is 24.8. The zero-order chi connectivity index (χ0) is 29.8. The lowest BCUT2D eigenvalue weighted by Gasteiger charge is -2.32. The number of rotatable bonds is 14. The Bertz CT molecular complexity index is 1130. The van der Waals surface area contributed by atoms with E-state index in [4.69, 9.17) is 5.73 Å². The number of hydrogen-bond acceptors (Lipinski definition) is 4. The van der Waals surface area contributed by atoms with Gasteiger partial charge < -0.3 is 21.3 Å². The van der Waals surface area contributed by atoms with Crippen LogP contribution in [-0.4, -0.2) is 47.8 Å². The monoisotopic (exact) mass is 566 g/mol. The first-order chi connectivity index (χ1) is 19.7. The first-order valence-corrected chi connectivity index (χ1v) is 15.2. The Morgan fingerprint density at radius 1 is 0.976 bits per heavy atom. The number of benzene rings is 2. The maximum atomic E-state index is 13.5. The van der Waals surface area contributed by atoms with Gasteiger partial charge in [0.15, 0.2) is 0 Å². The normalized spacial score (nSPS) is 15.9. The minimum absolute atomic E-state index is 0.0696. The van der Waals surface area contributed by atoms with Crippen LogP contribution in [0.3, 0.4) is 0 Å². The Morgan fingerprint density at radius 3 is 2.24 bits per heavy atom. The van der Waals surface area contributed by atoms with Crippen LogP contribution in [0.4, 0.5) is 10.1 Å². The van der Waals surface area contributed by atoms with Crippen LogP contribution in [0.1, 0.15) is 99.3 Å². The van der Waals surface area contributed by atoms with E-state index >= 15 is 0 Å². The average molecular weight is 567 g/mol. The topological polar surface area (TPSA) is 105 Å². The Labute approximate surface area is 244 Å². The van der Waals surface area contributed by atoms with Crippen molar-refractivity contribution in [2.24, 2.45) is 17.6 Å². The van der Waals surface area contributed by atoms with E-state index in [1.54, 1.807) is 24.3 Å². The van der Waals surface area contributed by atoms with Gasteiger partial charge in [0.25, 0.3) is 11.8 Å². The van der Waals surface area contributed by atoms with E-state index in [9.17, 15) is 18.8 Å². The zero-order valence-electron chi connectivity index (χ0n) is 24.8. The van der Waals surface area contributed by atoms with E-state index in [-0.39, 0.29) is 29.6 Å². The number of nitrogens with zero attached hydrogens (tertiary/aromatic N) is 1. The first-order valence-electron chi connectivity index (χ1n) is 15.2. The summed E-state index contributed by atoms with van der Waals surface area (Å²) in [5.41, 5.74) is 8.14. The third-order valence-electron chi connectivity index (χ3n) is 7.98. The van der Waals surface area contributed by atoms with Crippen molar-refractivity contribution in [3.8, 4) is 0 Å². The van der Waals surface area contributed by atoms with Crippen LogP contribution < -0.4 is 16.4 Å². The summed E-state index contributed by atoms with van der Waals surface area (Å²) in [4.78, 5) is 41.3. The fraction of sp³-hybridized carbons (Fsp3) is 0.545. The third-order valence-corrected chi connectivity index (χ3v) is 7.98. The molecule has 0 aliphatic heterocycles. The van der Waals surface area contributed by atoms with Crippen LogP contribution in [0.15, 0.2) is 48.5 Å². The summed E-state index contributed by atoms with van der Waals surface area (Å²) < 4.78 is 13.2. The van der Waals surface area contributed by atoms with Gasteiger partial charge in [-0.3, -0.25) is 14.4 Å². The number of anilines is 1. The van der Waals surface area contributed by atoms with Crippen molar-refractivity contribution in [3.05, 3.63) is 65.5 Å². The molecule has 0 unspecified atom stereocenters. The molecule has 1 aliphatic carbocycles. The highest BCUT2D eigenvalue weighted by Gasteiger charge is 2.28. The Morgan fingerprint density at radius 2 is 1.61 bits per heavy atom. The summed E-state index contributed by atoms with van der Waals surface area (Å²) in [6, 6.07) is 11.8. The van der Waals surface area contributed by atoms with Crippen LogP contribution in [0.5, 0.6) is 0 Å². The second-order valence-electron chi connectivity index (χ2n) is 11.5. The van der Waals surface area contributed by atoms with Crippen LogP contribution in [0, 0.1) is 17.7 Å². The molecule has 41 heavy (non-hydrogen) atoms. The molecule has 0 radical (unpaired) electrons. The van der Waals surface area contributed by atoms with Crippen molar-refractivity contribution >= 4 is 23.4 Å². The Balaban J connectivity index is 1.71. The van der Waals surface area contributed by atoms with E-state index < -0.39 is 12.0 Å². The number of nitrogens with two attached hydrogens (primary N) is 1. The second-order valence-corrected chi connectivity index (χ2v) is 11.5. The van der Waals surface area contributed by atoms with Crippen molar-refractivity contribution in [3.63, 3.8) is 0 Å². The lowest BCUT2D eigenvalue weighted by atomic mass is 9.82. The minimum Gasteiger partial charge on any atom is -0.348 e. The van der Waals surface area contributed by atoms with Crippen LogP contribution in [-0.2, 0) is 4.79 Å². The summed E-state index contributed by atoms with van der Waals surface area (Å²) >= 11 is 0. The molecular weight excluding hydrogens is 519 g/mol. The molecule has 0 saturated heterocycles. The van der Waals surface area contributed by atoms with Gasteiger partial charge in [0.05, 0.1) is 0 Å². The number of halogens is 1. The number of carbonyl (C=O) groups excluding carboxylic acids is 3.